The van der Waals surface area contributed by atoms with E-state index >= 15 is 0 Å². The summed E-state index contributed by atoms with van der Waals surface area (Å²) in [6.45, 7) is 0. The predicted octanol–water partition coefficient (Wildman–Crippen LogP) is 2.75. The van der Waals surface area contributed by atoms with E-state index in [-0.39, 0.29) is 5.56 Å². The number of nitrogens with zero attached hydrogens (tertiary/aromatic N) is 2. The summed E-state index contributed by atoms with van der Waals surface area (Å²) < 4.78 is 0.801. The average Bonchev–Trinajstić information content (AvgIpc) is 2.38. The molecule has 4 nitrogen and oxygen atoms in total. The summed E-state index contributed by atoms with van der Waals surface area (Å²) in [7, 11) is 0. The van der Waals surface area contributed by atoms with Crippen molar-refractivity contribution >= 4 is 26.8 Å². The molecule has 0 aliphatic rings. The van der Waals surface area contributed by atoms with Gasteiger partial charge in [-0.05, 0) is 28.1 Å². The summed E-state index contributed by atoms with van der Waals surface area (Å²) in [5.74, 6) is 0.458. The maximum atomic E-state index is 11.3. The lowest BCUT2D eigenvalue weighted by Gasteiger charge is -2.04. The third kappa shape index (κ3) is 1.93. The fourth-order valence-electron chi connectivity index (χ4n) is 1.75. The first-order valence-electron chi connectivity index (χ1n) is 5.35. The summed E-state index contributed by atoms with van der Waals surface area (Å²) in [6, 6.07) is 11.1. The Labute approximate surface area is 111 Å². The number of fused-ring (bicyclic) bond motifs is 1. The lowest BCUT2D eigenvalue weighted by Crippen LogP contribution is -2.06. The minimum absolute atomic E-state index is 0.193. The lowest BCUT2D eigenvalue weighted by molar-refractivity contribution is 1.10. The molecular weight excluding hydrogens is 294 g/mol. The van der Waals surface area contributed by atoms with Crippen molar-refractivity contribution in [2.45, 2.75) is 0 Å². The van der Waals surface area contributed by atoms with Crippen LogP contribution in [0.15, 0.2) is 51.9 Å². The smallest absolute Gasteiger partial charge is 0.251 e. The molecule has 1 aromatic carbocycles. The van der Waals surface area contributed by atoms with Crippen molar-refractivity contribution in [1.29, 1.82) is 0 Å². The normalized spacial score (nSPS) is 10.7. The van der Waals surface area contributed by atoms with Gasteiger partial charge in [0, 0.05) is 22.1 Å². The number of para-hydroxylation sites is 1. The zero-order valence-electron chi connectivity index (χ0n) is 9.22. The van der Waals surface area contributed by atoms with Crippen LogP contribution in [-0.4, -0.2) is 15.0 Å². The minimum Gasteiger partial charge on any atom is -0.305 e. The van der Waals surface area contributed by atoms with Gasteiger partial charge in [-0.1, -0.05) is 18.2 Å². The second-order valence-electron chi connectivity index (χ2n) is 3.79. The maximum absolute atomic E-state index is 11.3. The van der Waals surface area contributed by atoms with Crippen LogP contribution in [0.5, 0.6) is 0 Å². The van der Waals surface area contributed by atoms with Crippen LogP contribution < -0.4 is 5.56 Å². The van der Waals surface area contributed by atoms with Gasteiger partial charge in [-0.15, -0.1) is 0 Å². The molecule has 0 bridgehead atoms. The summed E-state index contributed by atoms with van der Waals surface area (Å²) >= 11 is 3.45. The zero-order chi connectivity index (χ0) is 12.5. The van der Waals surface area contributed by atoms with Crippen molar-refractivity contribution in [3.63, 3.8) is 0 Å². The van der Waals surface area contributed by atoms with E-state index in [0.717, 1.165) is 15.4 Å². The van der Waals surface area contributed by atoms with Gasteiger partial charge in [-0.3, -0.25) is 4.79 Å². The first-order valence-corrected chi connectivity index (χ1v) is 6.14. The average molecular weight is 302 g/mol. The van der Waals surface area contributed by atoms with E-state index < -0.39 is 0 Å². The Morgan fingerprint density at radius 2 is 2.00 bits per heavy atom. The third-order valence-electron chi connectivity index (χ3n) is 2.57. The van der Waals surface area contributed by atoms with Crippen molar-refractivity contribution in [3.8, 4) is 11.5 Å². The van der Waals surface area contributed by atoms with Gasteiger partial charge in [0.15, 0.2) is 5.82 Å². The molecule has 0 unspecified atom stereocenters. The predicted molar refractivity (Wildman–Crippen MR) is 73.3 cm³/mol. The fraction of sp³-hybridized carbons (Fsp3) is 0. The molecule has 2 heterocycles. The molecule has 3 rings (SSSR count). The standard InChI is InChI=1S/C13H8BrN3O/c14-9-7-8-3-1-2-4-10(8)16-12(9)13-15-6-5-11(18)17-13/h1-7H,(H,15,17,18). The Bertz CT molecular complexity index is 782. The number of halogens is 1. The Hall–Kier alpha value is -2.01. The molecule has 0 spiro atoms. The lowest BCUT2D eigenvalue weighted by atomic mass is 10.2. The van der Waals surface area contributed by atoms with Gasteiger partial charge in [-0.25, -0.2) is 9.97 Å². The van der Waals surface area contributed by atoms with Crippen LogP contribution in [0.2, 0.25) is 0 Å². The fourth-order valence-corrected chi connectivity index (χ4v) is 2.27. The molecular formula is C13H8BrN3O. The summed E-state index contributed by atoms with van der Waals surface area (Å²) in [6.07, 6.45) is 1.47. The highest BCUT2D eigenvalue weighted by molar-refractivity contribution is 9.10. The first-order chi connectivity index (χ1) is 8.74. The molecule has 0 amide bonds. The highest BCUT2D eigenvalue weighted by Crippen LogP contribution is 2.26. The Morgan fingerprint density at radius 3 is 2.83 bits per heavy atom. The number of nitrogens with one attached hydrogen (secondary N) is 1. The van der Waals surface area contributed by atoms with E-state index in [9.17, 15) is 4.79 Å². The highest BCUT2D eigenvalue weighted by Gasteiger charge is 2.08. The van der Waals surface area contributed by atoms with Gasteiger partial charge >= 0.3 is 0 Å². The molecule has 5 heteroatoms. The van der Waals surface area contributed by atoms with Crippen molar-refractivity contribution < 1.29 is 0 Å². The number of aromatic amines is 1. The molecule has 1 N–H and O–H groups in total. The number of hydrogen-bond donors (Lipinski definition) is 1. The van der Waals surface area contributed by atoms with Crippen LogP contribution >= 0.6 is 15.9 Å². The number of H-pyrrole nitrogens is 1. The molecule has 3 aromatic rings. The molecule has 18 heavy (non-hydrogen) atoms. The Balaban J connectivity index is 2.29. The van der Waals surface area contributed by atoms with Gasteiger partial charge in [0.1, 0.15) is 5.69 Å². The van der Waals surface area contributed by atoms with Gasteiger partial charge in [0.2, 0.25) is 0 Å². The maximum Gasteiger partial charge on any atom is 0.251 e. The first kappa shape index (κ1) is 11.1. The van der Waals surface area contributed by atoms with Crippen LogP contribution in [0.3, 0.4) is 0 Å². The van der Waals surface area contributed by atoms with Crippen LogP contribution in [0.4, 0.5) is 0 Å². The highest BCUT2D eigenvalue weighted by atomic mass is 79.9. The Kier molecular flexibility index (Phi) is 2.68. The molecule has 88 valence electrons. The van der Waals surface area contributed by atoms with Gasteiger partial charge in [-0.2, -0.15) is 0 Å². The van der Waals surface area contributed by atoms with Gasteiger partial charge < -0.3 is 4.98 Å². The van der Waals surface area contributed by atoms with Crippen molar-refractivity contribution in [2.24, 2.45) is 0 Å². The SMILES string of the molecule is O=c1ccnc(-c2nc3ccccc3cc2Br)[nH]1. The van der Waals surface area contributed by atoms with Crippen molar-refractivity contribution in [2.75, 3.05) is 0 Å². The van der Waals surface area contributed by atoms with Crippen LogP contribution in [0, 0.1) is 0 Å². The van der Waals surface area contributed by atoms with Gasteiger partial charge in [0.25, 0.3) is 5.56 Å². The quantitative estimate of drug-likeness (QED) is 0.752. The second-order valence-corrected chi connectivity index (χ2v) is 4.65. The summed E-state index contributed by atoms with van der Waals surface area (Å²) in [5, 5.41) is 1.03. The van der Waals surface area contributed by atoms with Crippen molar-refractivity contribution in [1.82, 2.24) is 15.0 Å². The summed E-state index contributed by atoms with van der Waals surface area (Å²) in [5.41, 5.74) is 1.30. The van der Waals surface area contributed by atoms with E-state index in [2.05, 4.69) is 30.9 Å². The van der Waals surface area contributed by atoms with E-state index in [4.69, 9.17) is 0 Å². The Morgan fingerprint density at radius 1 is 1.17 bits per heavy atom. The second kappa shape index (κ2) is 4.34. The van der Waals surface area contributed by atoms with E-state index in [1.54, 1.807) is 0 Å². The monoisotopic (exact) mass is 301 g/mol. The molecule has 0 aliphatic heterocycles. The van der Waals surface area contributed by atoms with E-state index in [1.165, 1.54) is 12.3 Å². The molecule has 0 fully saturated rings. The molecule has 0 atom stereocenters. The third-order valence-corrected chi connectivity index (χ3v) is 3.18. The number of rotatable bonds is 1. The van der Waals surface area contributed by atoms with Gasteiger partial charge in [0.05, 0.1) is 5.52 Å². The largest absolute Gasteiger partial charge is 0.305 e. The number of pyridine rings is 1. The number of benzene rings is 1. The molecule has 0 radical (unpaired) electrons. The zero-order valence-corrected chi connectivity index (χ0v) is 10.8. The van der Waals surface area contributed by atoms with Crippen LogP contribution in [0.1, 0.15) is 0 Å². The van der Waals surface area contributed by atoms with E-state index in [0.29, 0.717) is 11.5 Å². The van der Waals surface area contributed by atoms with Crippen molar-refractivity contribution in [3.05, 3.63) is 57.4 Å². The molecule has 0 saturated carbocycles. The molecule has 0 saturated heterocycles. The van der Waals surface area contributed by atoms with E-state index in [1.807, 2.05) is 30.3 Å². The topological polar surface area (TPSA) is 58.6 Å². The number of aromatic nitrogens is 3. The van der Waals surface area contributed by atoms with Crippen LogP contribution in [-0.2, 0) is 0 Å². The minimum atomic E-state index is -0.193. The van der Waals surface area contributed by atoms with Crippen LogP contribution in [0.25, 0.3) is 22.4 Å². The number of hydrogen-bond acceptors (Lipinski definition) is 3. The molecule has 0 aliphatic carbocycles. The molecule has 2 aromatic heterocycles. The summed E-state index contributed by atoms with van der Waals surface area (Å²) in [4.78, 5) is 22.6.